The van der Waals surface area contributed by atoms with Gasteiger partial charge in [0.05, 0.1) is 11.4 Å². The highest BCUT2D eigenvalue weighted by molar-refractivity contribution is 6.37. The first-order valence-corrected chi connectivity index (χ1v) is 17.9. The molecule has 0 saturated carbocycles. The molecule has 0 fully saturated rings. The Labute approximate surface area is 339 Å². The highest BCUT2D eigenvalue weighted by Crippen LogP contribution is 2.58. The Kier molecular flexibility index (Phi) is 9.26. The SMILES string of the molecule is C=CC(=O)Oc1ccc(C(c2ccc(OC(=O)C=C)c(N3C(=O)c4cccc5cccc(c45)C3=O)c2)(C(F)(F)F)C(F)(F)F)cc1N1C(=O)c2cccc3cccc(c23)C1=O. The number of carbonyl (C=O) groups is 6. The lowest BCUT2D eigenvalue weighted by Gasteiger charge is -2.39. The molecule has 0 spiro atoms. The standard InChI is InChI=1S/C45H24F6N2O8/c1-3-35(54)60-33-19-17-25(21-31(33)52-39(56)27-13-5-9-23-10-6-14-28(37(23)27)40(52)57)43(44(46,47)48,45(49,50)51)26-18-20-34(61-36(55)4-2)32(22-26)53-41(58)29-15-7-11-24-12-8-16-30(38(24)29)42(53)59/h3-22H,1-2H2. The number of anilines is 2. The fourth-order valence-corrected chi connectivity index (χ4v) is 7.80. The lowest BCUT2D eigenvalue weighted by molar-refractivity contribution is -0.288. The van der Waals surface area contributed by atoms with Crippen LogP contribution in [-0.2, 0) is 15.0 Å². The maximum atomic E-state index is 15.9. The monoisotopic (exact) mass is 834 g/mol. The summed E-state index contributed by atoms with van der Waals surface area (Å²) in [5.74, 6) is -8.72. The summed E-state index contributed by atoms with van der Waals surface area (Å²) >= 11 is 0. The number of amides is 4. The molecule has 10 nitrogen and oxygen atoms in total. The van der Waals surface area contributed by atoms with Crippen molar-refractivity contribution >= 4 is 68.5 Å². The Morgan fingerprint density at radius 2 is 0.803 bits per heavy atom. The molecule has 0 radical (unpaired) electrons. The summed E-state index contributed by atoms with van der Waals surface area (Å²) in [6.45, 7) is 6.50. The highest BCUT2D eigenvalue weighted by Gasteiger charge is 2.73. The molecule has 0 atom stereocenters. The summed E-state index contributed by atoms with van der Waals surface area (Å²) in [5.41, 5.74) is -10.9. The average molecular weight is 835 g/mol. The van der Waals surface area contributed by atoms with Crippen molar-refractivity contribution in [2.24, 2.45) is 0 Å². The molecule has 6 aromatic carbocycles. The molecule has 2 aliphatic heterocycles. The molecule has 0 unspecified atom stereocenters. The van der Waals surface area contributed by atoms with Gasteiger partial charge in [-0.05, 0) is 70.4 Å². The minimum absolute atomic E-state index is 0.139. The molecule has 0 aliphatic carbocycles. The number of alkyl halides is 6. The maximum Gasteiger partial charge on any atom is 0.411 e. The Morgan fingerprint density at radius 1 is 0.492 bits per heavy atom. The van der Waals surface area contributed by atoms with Gasteiger partial charge in [-0.25, -0.2) is 19.4 Å². The zero-order valence-electron chi connectivity index (χ0n) is 30.9. The van der Waals surface area contributed by atoms with Crippen LogP contribution >= 0.6 is 0 Å². The molecule has 4 amide bonds. The zero-order valence-corrected chi connectivity index (χ0v) is 30.9. The van der Waals surface area contributed by atoms with Crippen molar-refractivity contribution in [1.29, 1.82) is 0 Å². The van der Waals surface area contributed by atoms with E-state index < -0.39 is 87.3 Å². The summed E-state index contributed by atoms with van der Waals surface area (Å²) in [5, 5.41) is 1.20. The van der Waals surface area contributed by atoms with Crippen LogP contribution < -0.4 is 19.3 Å². The predicted molar refractivity (Wildman–Crippen MR) is 208 cm³/mol. The van der Waals surface area contributed by atoms with Crippen LogP contribution in [0.3, 0.4) is 0 Å². The molecule has 0 bridgehead atoms. The first-order chi connectivity index (χ1) is 28.9. The van der Waals surface area contributed by atoms with Gasteiger partial charge < -0.3 is 9.47 Å². The quantitative estimate of drug-likeness (QED) is 0.0489. The van der Waals surface area contributed by atoms with Crippen LogP contribution in [0.1, 0.15) is 52.6 Å². The average Bonchev–Trinajstić information content (AvgIpc) is 3.22. The molecule has 0 N–H and O–H groups in total. The Bertz CT molecular complexity index is 2690. The van der Waals surface area contributed by atoms with E-state index in [0.717, 1.165) is 0 Å². The van der Waals surface area contributed by atoms with Crippen molar-refractivity contribution in [3.05, 3.63) is 168 Å². The van der Waals surface area contributed by atoms with Crippen LogP contribution in [0.2, 0.25) is 0 Å². The fourth-order valence-electron chi connectivity index (χ4n) is 7.80. The van der Waals surface area contributed by atoms with Gasteiger partial charge in [-0.1, -0.05) is 73.8 Å². The second kappa shape index (κ2) is 14.1. The highest BCUT2D eigenvalue weighted by atomic mass is 19.4. The number of rotatable bonds is 8. The summed E-state index contributed by atoms with van der Waals surface area (Å²) < 4.78 is 106. The van der Waals surface area contributed by atoms with E-state index in [4.69, 9.17) is 9.47 Å². The normalized spacial score (nSPS) is 14.1. The number of esters is 2. The molecular formula is C45H24F6N2O8. The van der Waals surface area contributed by atoms with Crippen LogP contribution in [0.25, 0.3) is 21.5 Å². The van der Waals surface area contributed by atoms with Crippen LogP contribution in [0.15, 0.2) is 135 Å². The second-order valence-electron chi connectivity index (χ2n) is 13.7. The summed E-state index contributed by atoms with van der Waals surface area (Å²) in [6, 6.07) is 19.6. The van der Waals surface area contributed by atoms with Gasteiger partial charge in [0.15, 0.2) is 11.5 Å². The third kappa shape index (κ3) is 5.97. The van der Waals surface area contributed by atoms with Gasteiger partial charge in [0, 0.05) is 45.2 Å². The molecule has 8 rings (SSSR count). The van der Waals surface area contributed by atoms with Gasteiger partial charge in [-0.15, -0.1) is 0 Å². The molecule has 61 heavy (non-hydrogen) atoms. The van der Waals surface area contributed by atoms with E-state index in [9.17, 15) is 28.8 Å². The molecule has 6 aromatic rings. The van der Waals surface area contributed by atoms with Crippen LogP contribution in [-0.4, -0.2) is 47.9 Å². The smallest absolute Gasteiger partial charge is 0.411 e. The summed E-state index contributed by atoms with van der Waals surface area (Å²) in [4.78, 5) is 82.0. The minimum atomic E-state index is -6.35. The van der Waals surface area contributed by atoms with E-state index in [1.807, 2.05) is 0 Å². The number of nitrogens with zero attached hydrogens (tertiary/aromatic N) is 2. The molecular weight excluding hydrogens is 810 g/mol. The lowest BCUT2D eigenvalue weighted by Crippen LogP contribution is -2.55. The van der Waals surface area contributed by atoms with E-state index in [2.05, 4.69) is 13.2 Å². The van der Waals surface area contributed by atoms with Crippen molar-refractivity contribution < 1.29 is 64.6 Å². The summed E-state index contributed by atoms with van der Waals surface area (Å²) in [6.07, 6.45) is -11.4. The predicted octanol–water partition coefficient (Wildman–Crippen LogP) is 9.19. The number of imide groups is 2. The number of halogens is 6. The molecule has 16 heteroatoms. The van der Waals surface area contributed by atoms with Gasteiger partial charge in [0.25, 0.3) is 23.6 Å². The second-order valence-corrected chi connectivity index (χ2v) is 13.7. The number of ether oxygens (including phenoxy) is 2. The van der Waals surface area contributed by atoms with E-state index in [1.54, 1.807) is 24.3 Å². The Hall–Kier alpha value is -7.88. The molecule has 0 saturated heterocycles. The zero-order chi connectivity index (χ0) is 43.8. The summed E-state index contributed by atoms with van der Waals surface area (Å²) in [7, 11) is 0. The van der Waals surface area contributed by atoms with Gasteiger partial charge in [-0.3, -0.25) is 19.2 Å². The van der Waals surface area contributed by atoms with Gasteiger partial charge in [-0.2, -0.15) is 26.3 Å². The fraction of sp³-hybridized carbons (Fsp3) is 0.0667. The Morgan fingerprint density at radius 3 is 1.08 bits per heavy atom. The van der Waals surface area contributed by atoms with Crippen molar-refractivity contribution in [3.8, 4) is 11.5 Å². The molecule has 2 heterocycles. The topological polar surface area (TPSA) is 127 Å². The van der Waals surface area contributed by atoms with Crippen molar-refractivity contribution in [1.82, 2.24) is 0 Å². The van der Waals surface area contributed by atoms with E-state index in [-0.39, 0.29) is 45.2 Å². The van der Waals surface area contributed by atoms with Crippen LogP contribution in [0.5, 0.6) is 11.5 Å². The number of carbonyl (C=O) groups excluding carboxylic acids is 6. The van der Waals surface area contributed by atoms with E-state index >= 15 is 26.3 Å². The maximum absolute atomic E-state index is 15.9. The van der Waals surface area contributed by atoms with E-state index in [1.165, 1.54) is 48.5 Å². The van der Waals surface area contributed by atoms with Crippen molar-refractivity contribution in [2.75, 3.05) is 9.80 Å². The molecule has 0 aromatic heterocycles. The van der Waals surface area contributed by atoms with Crippen LogP contribution in [0.4, 0.5) is 37.7 Å². The molecule has 2 aliphatic rings. The Balaban J connectivity index is 1.39. The largest absolute Gasteiger partial charge is 0.421 e. The molecule has 304 valence electrons. The first kappa shape index (κ1) is 39.9. The number of hydrogen-bond acceptors (Lipinski definition) is 8. The lowest BCUT2D eigenvalue weighted by atomic mass is 9.72. The first-order valence-electron chi connectivity index (χ1n) is 17.9. The van der Waals surface area contributed by atoms with Crippen molar-refractivity contribution in [2.45, 2.75) is 17.8 Å². The third-order valence-corrected chi connectivity index (χ3v) is 10.4. The minimum Gasteiger partial charge on any atom is -0.421 e. The van der Waals surface area contributed by atoms with Gasteiger partial charge in [0.1, 0.15) is 0 Å². The third-order valence-electron chi connectivity index (χ3n) is 10.4. The van der Waals surface area contributed by atoms with Gasteiger partial charge in [0.2, 0.25) is 5.41 Å². The van der Waals surface area contributed by atoms with E-state index in [0.29, 0.717) is 57.0 Å². The van der Waals surface area contributed by atoms with Gasteiger partial charge >= 0.3 is 24.3 Å². The van der Waals surface area contributed by atoms with Crippen molar-refractivity contribution in [3.63, 3.8) is 0 Å². The number of benzene rings is 6. The number of hydrogen-bond donors (Lipinski definition) is 0. The van der Waals surface area contributed by atoms with Crippen LogP contribution in [0, 0.1) is 0 Å².